The highest BCUT2D eigenvalue weighted by molar-refractivity contribution is 6.05. The van der Waals surface area contributed by atoms with Crippen molar-refractivity contribution in [3.8, 4) is 0 Å². The van der Waals surface area contributed by atoms with Crippen LogP contribution in [0.15, 0.2) is 42.5 Å². The van der Waals surface area contributed by atoms with Crippen molar-refractivity contribution in [2.45, 2.75) is 33.6 Å². The van der Waals surface area contributed by atoms with Gasteiger partial charge in [0.15, 0.2) is 0 Å². The number of hydrogen-bond acceptors (Lipinski definition) is 1. The maximum absolute atomic E-state index is 12.3. The van der Waals surface area contributed by atoms with Crippen LogP contribution in [0.3, 0.4) is 0 Å². The van der Waals surface area contributed by atoms with Gasteiger partial charge >= 0.3 is 0 Å². The first-order chi connectivity index (χ1) is 9.47. The molecule has 0 radical (unpaired) electrons. The summed E-state index contributed by atoms with van der Waals surface area (Å²) in [6, 6.07) is 13.9. The van der Waals surface area contributed by atoms with E-state index in [1.165, 1.54) is 11.1 Å². The highest BCUT2D eigenvalue weighted by Crippen LogP contribution is 2.18. The molecule has 0 fully saturated rings. The molecule has 0 heterocycles. The SMILES string of the molecule is Cc1ccc(C(=O)Nc2ccc(C(C)C)cc2)c(C)c1. The summed E-state index contributed by atoms with van der Waals surface area (Å²) in [6.45, 7) is 8.30. The minimum atomic E-state index is -0.0557. The van der Waals surface area contributed by atoms with E-state index >= 15 is 0 Å². The van der Waals surface area contributed by atoms with Gasteiger partial charge in [-0.15, -0.1) is 0 Å². The normalized spacial score (nSPS) is 10.7. The number of benzene rings is 2. The lowest BCUT2D eigenvalue weighted by molar-refractivity contribution is 0.102. The van der Waals surface area contributed by atoms with E-state index in [0.29, 0.717) is 5.92 Å². The third-order valence-electron chi connectivity index (χ3n) is 3.46. The Labute approximate surface area is 120 Å². The molecule has 20 heavy (non-hydrogen) atoms. The summed E-state index contributed by atoms with van der Waals surface area (Å²) < 4.78 is 0. The van der Waals surface area contributed by atoms with Crippen LogP contribution in [-0.2, 0) is 0 Å². The van der Waals surface area contributed by atoms with Crippen molar-refractivity contribution in [3.63, 3.8) is 0 Å². The van der Waals surface area contributed by atoms with Crippen LogP contribution >= 0.6 is 0 Å². The van der Waals surface area contributed by atoms with Crippen LogP contribution in [0, 0.1) is 13.8 Å². The molecule has 0 aliphatic heterocycles. The van der Waals surface area contributed by atoms with E-state index in [2.05, 4.69) is 31.3 Å². The Morgan fingerprint density at radius 2 is 1.65 bits per heavy atom. The third-order valence-corrected chi connectivity index (χ3v) is 3.46. The van der Waals surface area contributed by atoms with Crippen LogP contribution in [0.25, 0.3) is 0 Å². The van der Waals surface area contributed by atoms with Crippen LogP contribution in [0.2, 0.25) is 0 Å². The molecule has 2 heteroatoms. The Morgan fingerprint density at radius 3 is 2.20 bits per heavy atom. The van der Waals surface area contributed by atoms with E-state index in [0.717, 1.165) is 16.8 Å². The molecule has 1 N–H and O–H groups in total. The summed E-state index contributed by atoms with van der Waals surface area (Å²) in [5, 5.41) is 2.95. The van der Waals surface area contributed by atoms with Gasteiger partial charge in [-0.25, -0.2) is 0 Å². The number of anilines is 1. The second kappa shape index (κ2) is 5.91. The molecular formula is C18H21NO. The lowest BCUT2D eigenvalue weighted by Gasteiger charge is -2.10. The van der Waals surface area contributed by atoms with Crippen molar-refractivity contribution in [3.05, 3.63) is 64.7 Å². The van der Waals surface area contributed by atoms with Gasteiger partial charge in [0.25, 0.3) is 5.91 Å². The second-order valence-corrected chi connectivity index (χ2v) is 5.55. The summed E-state index contributed by atoms with van der Waals surface area (Å²) in [5.41, 5.74) is 5.00. The number of amides is 1. The van der Waals surface area contributed by atoms with E-state index in [1.807, 2.05) is 44.2 Å². The average molecular weight is 267 g/mol. The Balaban J connectivity index is 2.15. The molecule has 2 aromatic carbocycles. The molecule has 0 saturated heterocycles. The fourth-order valence-electron chi connectivity index (χ4n) is 2.22. The van der Waals surface area contributed by atoms with Crippen molar-refractivity contribution in [2.24, 2.45) is 0 Å². The predicted molar refractivity (Wildman–Crippen MR) is 84.4 cm³/mol. The molecule has 2 nitrogen and oxygen atoms in total. The van der Waals surface area contributed by atoms with Crippen molar-refractivity contribution in [1.29, 1.82) is 0 Å². The highest BCUT2D eigenvalue weighted by Gasteiger charge is 2.09. The fourth-order valence-corrected chi connectivity index (χ4v) is 2.22. The Bertz CT molecular complexity index is 612. The first kappa shape index (κ1) is 14.3. The van der Waals surface area contributed by atoms with Gasteiger partial charge in [-0.1, -0.05) is 43.7 Å². The minimum Gasteiger partial charge on any atom is -0.322 e. The monoisotopic (exact) mass is 267 g/mol. The largest absolute Gasteiger partial charge is 0.322 e. The molecule has 0 aliphatic carbocycles. The summed E-state index contributed by atoms with van der Waals surface area (Å²) >= 11 is 0. The summed E-state index contributed by atoms with van der Waals surface area (Å²) in [6.07, 6.45) is 0. The average Bonchev–Trinajstić information content (AvgIpc) is 2.39. The highest BCUT2D eigenvalue weighted by atomic mass is 16.1. The van der Waals surface area contributed by atoms with Crippen molar-refractivity contribution in [2.75, 3.05) is 5.32 Å². The van der Waals surface area contributed by atoms with E-state index in [-0.39, 0.29) is 5.91 Å². The van der Waals surface area contributed by atoms with Gasteiger partial charge in [-0.3, -0.25) is 4.79 Å². The molecule has 2 aromatic rings. The smallest absolute Gasteiger partial charge is 0.255 e. The maximum atomic E-state index is 12.3. The van der Waals surface area contributed by atoms with E-state index in [1.54, 1.807) is 0 Å². The standard InChI is InChI=1S/C18H21NO/c1-12(2)15-6-8-16(9-7-15)19-18(20)17-10-5-13(3)11-14(17)4/h5-12H,1-4H3,(H,19,20). The molecule has 0 aromatic heterocycles. The molecule has 0 saturated carbocycles. The molecular weight excluding hydrogens is 246 g/mol. The van der Waals surface area contributed by atoms with Gasteiger partial charge in [0.2, 0.25) is 0 Å². The fraction of sp³-hybridized carbons (Fsp3) is 0.278. The molecule has 0 aliphatic rings. The van der Waals surface area contributed by atoms with Gasteiger partial charge in [0.05, 0.1) is 0 Å². The number of aryl methyl sites for hydroxylation is 2. The predicted octanol–water partition coefficient (Wildman–Crippen LogP) is 4.68. The molecule has 2 rings (SSSR count). The number of carbonyl (C=O) groups excluding carboxylic acids is 1. The zero-order valence-corrected chi connectivity index (χ0v) is 12.5. The van der Waals surface area contributed by atoms with Crippen LogP contribution in [0.5, 0.6) is 0 Å². The van der Waals surface area contributed by atoms with Crippen LogP contribution in [0.1, 0.15) is 46.8 Å². The minimum absolute atomic E-state index is 0.0557. The topological polar surface area (TPSA) is 29.1 Å². The van der Waals surface area contributed by atoms with Gasteiger partial charge in [-0.2, -0.15) is 0 Å². The van der Waals surface area contributed by atoms with Crippen LogP contribution in [0.4, 0.5) is 5.69 Å². The molecule has 0 bridgehead atoms. The molecule has 104 valence electrons. The third kappa shape index (κ3) is 3.27. The van der Waals surface area contributed by atoms with E-state index < -0.39 is 0 Å². The van der Waals surface area contributed by atoms with E-state index in [4.69, 9.17) is 0 Å². The molecule has 0 unspecified atom stereocenters. The molecule has 0 atom stereocenters. The quantitative estimate of drug-likeness (QED) is 0.859. The Hall–Kier alpha value is -2.09. The van der Waals surface area contributed by atoms with Crippen LogP contribution in [-0.4, -0.2) is 5.91 Å². The second-order valence-electron chi connectivity index (χ2n) is 5.55. The molecule has 1 amide bonds. The summed E-state index contributed by atoms with van der Waals surface area (Å²) in [4.78, 5) is 12.3. The first-order valence-electron chi connectivity index (χ1n) is 6.96. The van der Waals surface area contributed by atoms with Gasteiger partial charge in [-0.05, 0) is 49.1 Å². The zero-order chi connectivity index (χ0) is 14.7. The number of rotatable bonds is 3. The summed E-state index contributed by atoms with van der Waals surface area (Å²) in [7, 11) is 0. The zero-order valence-electron chi connectivity index (χ0n) is 12.5. The lowest BCUT2D eigenvalue weighted by atomic mass is 10.0. The summed E-state index contributed by atoms with van der Waals surface area (Å²) in [5.74, 6) is 0.443. The van der Waals surface area contributed by atoms with Crippen molar-refractivity contribution >= 4 is 11.6 Å². The number of hydrogen-bond donors (Lipinski definition) is 1. The first-order valence-corrected chi connectivity index (χ1v) is 6.96. The van der Waals surface area contributed by atoms with Crippen molar-refractivity contribution in [1.82, 2.24) is 0 Å². The van der Waals surface area contributed by atoms with Gasteiger partial charge in [0, 0.05) is 11.3 Å². The maximum Gasteiger partial charge on any atom is 0.255 e. The van der Waals surface area contributed by atoms with Gasteiger partial charge < -0.3 is 5.32 Å². The lowest BCUT2D eigenvalue weighted by Crippen LogP contribution is -2.13. The van der Waals surface area contributed by atoms with E-state index in [9.17, 15) is 4.79 Å². The Morgan fingerprint density at radius 1 is 1.00 bits per heavy atom. The van der Waals surface area contributed by atoms with Crippen LogP contribution < -0.4 is 5.32 Å². The van der Waals surface area contributed by atoms with Gasteiger partial charge in [0.1, 0.15) is 0 Å². The van der Waals surface area contributed by atoms with Crippen molar-refractivity contribution < 1.29 is 4.79 Å². The number of nitrogens with one attached hydrogen (secondary N) is 1. The number of carbonyl (C=O) groups is 1. The Kier molecular flexibility index (Phi) is 4.23. The molecule has 0 spiro atoms.